The monoisotopic (exact) mass is 400 g/mol. The van der Waals surface area contributed by atoms with Crippen LogP contribution in [-0.2, 0) is 4.74 Å². The topological polar surface area (TPSA) is 67.4 Å². The second-order valence-electron chi connectivity index (χ2n) is 7.48. The number of aryl methyl sites for hydroxylation is 1. The van der Waals surface area contributed by atoms with Crippen LogP contribution in [0, 0.1) is 6.92 Å². The van der Waals surface area contributed by atoms with Gasteiger partial charge in [-0.1, -0.05) is 11.6 Å². The van der Waals surface area contributed by atoms with Crippen molar-refractivity contribution >= 4 is 29.0 Å². The summed E-state index contributed by atoms with van der Waals surface area (Å²) in [5, 5.41) is 3.56. The van der Waals surface area contributed by atoms with E-state index in [1.54, 1.807) is 18.5 Å². The summed E-state index contributed by atoms with van der Waals surface area (Å²) in [5.74, 6) is 0.497. The minimum Gasteiger partial charge on any atom is -0.376 e. The Morgan fingerprint density at radius 3 is 2.82 bits per heavy atom. The van der Waals surface area contributed by atoms with E-state index in [-0.39, 0.29) is 18.1 Å². The molecule has 6 nitrogen and oxygen atoms in total. The highest BCUT2D eigenvalue weighted by molar-refractivity contribution is 6.33. The van der Waals surface area contributed by atoms with E-state index < -0.39 is 0 Å². The smallest absolute Gasteiger partial charge is 0.255 e. The third-order valence-electron chi connectivity index (χ3n) is 5.47. The van der Waals surface area contributed by atoms with Gasteiger partial charge in [0.15, 0.2) is 0 Å². The molecule has 2 aromatic rings. The number of hydrogen-bond donors (Lipinski definition) is 1. The Bertz CT molecular complexity index is 837. The second kappa shape index (κ2) is 8.45. The Labute approximate surface area is 170 Å². The van der Waals surface area contributed by atoms with Gasteiger partial charge in [0.05, 0.1) is 34.6 Å². The van der Waals surface area contributed by atoms with Crippen molar-refractivity contribution < 1.29 is 9.53 Å². The minimum absolute atomic E-state index is 0.0156. The number of nitrogens with zero attached hydrogens (tertiary/aromatic N) is 3. The van der Waals surface area contributed by atoms with Crippen molar-refractivity contribution in [3.05, 3.63) is 46.9 Å². The first-order valence-corrected chi connectivity index (χ1v) is 10.3. The summed E-state index contributed by atoms with van der Waals surface area (Å²) in [4.78, 5) is 23.8. The highest BCUT2D eigenvalue weighted by atomic mass is 35.5. The summed E-state index contributed by atoms with van der Waals surface area (Å²) in [7, 11) is 0. The zero-order chi connectivity index (χ0) is 19.5. The van der Waals surface area contributed by atoms with Gasteiger partial charge in [-0.3, -0.25) is 9.78 Å². The van der Waals surface area contributed by atoms with Gasteiger partial charge in [0.1, 0.15) is 5.82 Å². The predicted octanol–water partition coefficient (Wildman–Crippen LogP) is 4.36. The van der Waals surface area contributed by atoms with E-state index in [1.807, 2.05) is 24.0 Å². The molecule has 0 bridgehead atoms. The maximum absolute atomic E-state index is 13.2. The number of carbonyl (C=O) groups is 1. The molecule has 28 heavy (non-hydrogen) atoms. The van der Waals surface area contributed by atoms with Crippen LogP contribution in [-0.4, -0.2) is 46.1 Å². The molecule has 0 saturated carbocycles. The van der Waals surface area contributed by atoms with Crippen LogP contribution in [0.3, 0.4) is 0 Å². The Balaban J connectivity index is 1.50. The number of nitrogens with one attached hydrogen (secondary N) is 1. The minimum atomic E-state index is -0.0156. The van der Waals surface area contributed by atoms with Crippen molar-refractivity contribution in [3.8, 4) is 0 Å². The molecule has 2 aliphatic rings. The molecule has 2 fully saturated rings. The van der Waals surface area contributed by atoms with Crippen molar-refractivity contribution in [1.29, 1.82) is 0 Å². The number of aromatic nitrogens is 2. The molecule has 0 radical (unpaired) electrons. The van der Waals surface area contributed by atoms with E-state index in [0.29, 0.717) is 16.4 Å². The molecule has 1 N–H and O–H groups in total. The van der Waals surface area contributed by atoms with Gasteiger partial charge in [-0.25, -0.2) is 4.98 Å². The van der Waals surface area contributed by atoms with E-state index in [4.69, 9.17) is 16.3 Å². The van der Waals surface area contributed by atoms with Crippen LogP contribution in [0.1, 0.15) is 48.2 Å². The molecule has 2 aliphatic heterocycles. The fourth-order valence-corrected chi connectivity index (χ4v) is 4.21. The average Bonchev–Trinajstić information content (AvgIpc) is 3.25. The number of carbonyl (C=O) groups excluding carboxylic acids is 1. The first kappa shape index (κ1) is 19.2. The van der Waals surface area contributed by atoms with Crippen LogP contribution in [0.5, 0.6) is 0 Å². The first-order chi connectivity index (χ1) is 13.6. The second-order valence-corrected chi connectivity index (χ2v) is 7.89. The van der Waals surface area contributed by atoms with Crippen LogP contribution >= 0.6 is 11.6 Å². The predicted molar refractivity (Wildman–Crippen MR) is 109 cm³/mol. The highest BCUT2D eigenvalue weighted by Gasteiger charge is 2.35. The van der Waals surface area contributed by atoms with Crippen molar-refractivity contribution in [2.75, 3.05) is 18.5 Å². The van der Waals surface area contributed by atoms with Crippen LogP contribution in [0.25, 0.3) is 0 Å². The number of ether oxygens (including phenoxy) is 1. The normalized spacial score (nSPS) is 22.3. The maximum atomic E-state index is 13.2. The summed E-state index contributed by atoms with van der Waals surface area (Å²) in [6.45, 7) is 3.49. The van der Waals surface area contributed by atoms with Gasteiger partial charge >= 0.3 is 0 Å². The molecule has 0 aromatic carbocycles. The van der Waals surface area contributed by atoms with Gasteiger partial charge in [0.2, 0.25) is 0 Å². The zero-order valence-corrected chi connectivity index (χ0v) is 16.8. The Kier molecular flexibility index (Phi) is 5.78. The molecular weight excluding hydrogens is 376 g/mol. The molecule has 2 unspecified atom stereocenters. The van der Waals surface area contributed by atoms with E-state index in [9.17, 15) is 4.79 Å². The Morgan fingerprint density at radius 2 is 2.11 bits per heavy atom. The molecule has 2 atom stereocenters. The van der Waals surface area contributed by atoms with Gasteiger partial charge in [-0.2, -0.15) is 0 Å². The summed E-state index contributed by atoms with van der Waals surface area (Å²) in [5.41, 5.74) is 2.25. The molecule has 0 aliphatic carbocycles. The summed E-state index contributed by atoms with van der Waals surface area (Å²) < 4.78 is 5.87. The zero-order valence-electron chi connectivity index (χ0n) is 16.0. The fraction of sp³-hybridized carbons (Fsp3) is 0.476. The summed E-state index contributed by atoms with van der Waals surface area (Å²) in [6, 6.07) is 5.68. The number of likely N-dealkylation sites (tertiary alicyclic amines) is 1. The van der Waals surface area contributed by atoms with Gasteiger partial charge < -0.3 is 15.0 Å². The van der Waals surface area contributed by atoms with Gasteiger partial charge in [0.25, 0.3) is 5.91 Å². The average molecular weight is 401 g/mol. The largest absolute Gasteiger partial charge is 0.376 e. The molecule has 0 spiro atoms. The van der Waals surface area contributed by atoms with Crippen LogP contribution < -0.4 is 5.32 Å². The number of rotatable bonds is 4. The lowest BCUT2D eigenvalue weighted by Crippen LogP contribution is -2.49. The number of pyridine rings is 2. The van der Waals surface area contributed by atoms with Crippen LogP contribution in [0.4, 0.5) is 11.5 Å². The fourth-order valence-electron chi connectivity index (χ4n) is 3.99. The van der Waals surface area contributed by atoms with Crippen LogP contribution in [0.15, 0.2) is 30.6 Å². The number of piperidine rings is 1. The lowest BCUT2D eigenvalue weighted by Gasteiger charge is -2.38. The number of amides is 1. The van der Waals surface area contributed by atoms with Gasteiger partial charge in [-0.15, -0.1) is 0 Å². The SMILES string of the molecule is Cc1ccc(Nc2ncc(C(=O)N3CCCCC3C3CCCO3)cc2Cl)cn1. The lowest BCUT2D eigenvalue weighted by molar-refractivity contribution is 0.00789. The molecular formula is C21H25ClN4O2. The van der Waals surface area contributed by atoms with Gasteiger partial charge in [-0.05, 0) is 57.2 Å². The first-order valence-electron chi connectivity index (χ1n) is 9.89. The molecule has 148 valence electrons. The van der Waals surface area contributed by atoms with Crippen molar-refractivity contribution in [1.82, 2.24) is 14.9 Å². The van der Waals surface area contributed by atoms with E-state index in [1.165, 1.54) is 0 Å². The third-order valence-corrected chi connectivity index (χ3v) is 5.75. The summed E-state index contributed by atoms with van der Waals surface area (Å²) in [6.07, 6.45) is 8.74. The standard InChI is InChI=1S/C21H25ClN4O2/c1-14-7-8-16(13-23-14)25-20-17(22)11-15(12-24-20)21(27)26-9-3-2-5-18(26)19-6-4-10-28-19/h7-8,11-13,18-19H,2-6,9-10H2,1H3,(H,24,25). The number of hydrogen-bond acceptors (Lipinski definition) is 5. The third kappa shape index (κ3) is 4.13. The molecule has 1 amide bonds. The lowest BCUT2D eigenvalue weighted by atomic mass is 9.95. The van der Waals surface area contributed by atoms with E-state index in [2.05, 4.69) is 15.3 Å². The molecule has 2 saturated heterocycles. The van der Waals surface area contributed by atoms with Crippen molar-refractivity contribution in [3.63, 3.8) is 0 Å². The molecule has 2 aromatic heterocycles. The van der Waals surface area contributed by atoms with Crippen LogP contribution in [0.2, 0.25) is 5.02 Å². The Hall–Kier alpha value is -2.18. The Morgan fingerprint density at radius 1 is 1.21 bits per heavy atom. The number of anilines is 2. The van der Waals surface area contributed by atoms with Crippen molar-refractivity contribution in [2.24, 2.45) is 0 Å². The maximum Gasteiger partial charge on any atom is 0.255 e. The van der Waals surface area contributed by atoms with E-state index in [0.717, 1.165) is 56.6 Å². The summed E-state index contributed by atoms with van der Waals surface area (Å²) >= 11 is 6.42. The highest BCUT2D eigenvalue weighted by Crippen LogP contribution is 2.30. The van der Waals surface area contributed by atoms with Gasteiger partial charge in [0, 0.05) is 25.0 Å². The van der Waals surface area contributed by atoms with E-state index >= 15 is 0 Å². The molecule has 4 rings (SSSR count). The van der Waals surface area contributed by atoms with Crippen molar-refractivity contribution in [2.45, 2.75) is 51.2 Å². The quantitative estimate of drug-likeness (QED) is 0.826. The molecule has 7 heteroatoms. The number of halogens is 1. The molecule has 4 heterocycles.